The minimum absolute atomic E-state index is 0.121. The average Bonchev–Trinajstić information content (AvgIpc) is 2.14. The van der Waals surface area contributed by atoms with Crippen LogP contribution in [0, 0.1) is 0 Å². The quantitative estimate of drug-likeness (QED) is 0.509. The summed E-state index contributed by atoms with van der Waals surface area (Å²) in [5.41, 5.74) is 0. The van der Waals surface area contributed by atoms with Crippen molar-refractivity contribution in [3.8, 4) is 0 Å². The van der Waals surface area contributed by atoms with Crippen molar-refractivity contribution >= 4 is 6.34 Å². The van der Waals surface area contributed by atoms with Crippen LogP contribution in [0.2, 0.25) is 0 Å². The van der Waals surface area contributed by atoms with Gasteiger partial charge in [-0.15, -0.1) is 0 Å². The zero-order chi connectivity index (χ0) is 7.72. The van der Waals surface area contributed by atoms with Crippen molar-refractivity contribution in [3.63, 3.8) is 0 Å². The monoisotopic (exact) mass is 145 g/mol. The van der Waals surface area contributed by atoms with Gasteiger partial charge >= 0.3 is 0 Å². The van der Waals surface area contributed by atoms with E-state index in [2.05, 4.69) is 5.10 Å². The number of hydrazone groups is 1. The van der Waals surface area contributed by atoms with Crippen LogP contribution >= 0.6 is 0 Å². The van der Waals surface area contributed by atoms with Crippen LogP contribution in [0.4, 0.5) is 4.39 Å². The number of hydrogen-bond donors (Lipinski definition) is 0. The molecule has 0 bridgehead atoms. The molecule has 0 radical (unpaired) electrons. The molecule has 1 heterocycles. The van der Waals surface area contributed by atoms with Crippen LogP contribution in [0.25, 0.3) is 0 Å². The molecule has 0 saturated carbocycles. The molecule has 0 fully saturated rings. The maximum Gasteiger partial charge on any atom is 0.265 e. The van der Waals surface area contributed by atoms with E-state index in [0.29, 0.717) is 0 Å². The third kappa shape index (κ3) is 1.05. The molecule has 3 nitrogen and oxygen atoms in total. The summed E-state index contributed by atoms with van der Waals surface area (Å²) in [6, 6.07) is 0.121. The number of alkyl halides is 1. The minimum Gasteiger partial charge on any atom is -0.316 e. The van der Waals surface area contributed by atoms with Gasteiger partial charge in [-0.3, -0.25) is 0 Å². The van der Waals surface area contributed by atoms with Gasteiger partial charge in [0, 0.05) is 13.1 Å². The first-order valence-corrected chi connectivity index (χ1v) is 3.31. The number of rotatable bonds is 1. The van der Waals surface area contributed by atoms with E-state index in [9.17, 15) is 4.39 Å². The Hall–Kier alpha value is -0.800. The lowest BCUT2D eigenvalue weighted by atomic mass is 10.4. The highest BCUT2D eigenvalue weighted by atomic mass is 19.1. The lowest BCUT2D eigenvalue weighted by Crippen LogP contribution is -2.37. The summed E-state index contributed by atoms with van der Waals surface area (Å²) in [6.07, 6.45) is 0.407. The molecule has 1 atom stereocenters. The molecule has 1 unspecified atom stereocenters. The van der Waals surface area contributed by atoms with E-state index in [0.717, 1.165) is 0 Å². The zero-order valence-electron chi connectivity index (χ0n) is 6.45. The molecule has 58 valence electrons. The fourth-order valence-corrected chi connectivity index (χ4v) is 0.817. The molecule has 0 saturated heterocycles. The standard InChI is InChI=1S/C6H12FN3/c1-5(2)10-6(7)9(3)4-8-10/h4-6H,1-3H3. The lowest BCUT2D eigenvalue weighted by Gasteiger charge is -2.23. The molecular formula is C6H12FN3. The average molecular weight is 145 g/mol. The van der Waals surface area contributed by atoms with E-state index in [-0.39, 0.29) is 6.04 Å². The Labute approximate surface area is 60.1 Å². The summed E-state index contributed by atoms with van der Waals surface area (Å²) >= 11 is 0. The minimum atomic E-state index is -1.08. The first-order valence-electron chi connectivity index (χ1n) is 3.31. The van der Waals surface area contributed by atoms with Crippen molar-refractivity contribution in [2.24, 2.45) is 5.10 Å². The topological polar surface area (TPSA) is 18.8 Å². The van der Waals surface area contributed by atoms with E-state index >= 15 is 0 Å². The van der Waals surface area contributed by atoms with Crippen LogP contribution in [-0.4, -0.2) is 35.8 Å². The summed E-state index contributed by atoms with van der Waals surface area (Å²) in [5, 5.41) is 5.27. The largest absolute Gasteiger partial charge is 0.316 e. The molecule has 0 aromatic heterocycles. The second kappa shape index (κ2) is 2.44. The van der Waals surface area contributed by atoms with Crippen molar-refractivity contribution in [1.82, 2.24) is 9.91 Å². The highest BCUT2D eigenvalue weighted by Crippen LogP contribution is 2.14. The van der Waals surface area contributed by atoms with Crippen molar-refractivity contribution in [1.29, 1.82) is 0 Å². The van der Waals surface area contributed by atoms with Crippen LogP contribution < -0.4 is 0 Å². The molecule has 1 aliphatic heterocycles. The van der Waals surface area contributed by atoms with E-state index in [1.807, 2.05) is 13.8 Å². The van der Waals surface area contributed by atoms with Crippen LogP contribution in [0.3, 0.4) is 0 Å². The van der Waals surface area contributed by atoms with Gasteiger partial charge in [0.1, 0.15) is 6.34 Å². The highest BCUT2D eigenvalue weighted by Gasteiger charge is 2.25. The van der Waals surface area contributed by atoms with Gasteiger partial charge in [-0.1, -0.05) is 0 Å². The van der Waals surface area contributed by atoms with Gasteiger partial charge < -0.3 is 4.90 Å². The molecule has 0 aromatic carbocycles. The second-order valence-corrected chi connectivity index (χ2v) is 2.68. The van der Waals surface area contributed by atoms with Gasteiger partial charge in [-0.2, -0.15) is 9.49 Å². The van der Waals surface area contributed by atoms with E-state index < -0.39 is 6.42 Å². The highest BCUT2D eigenvalue weighted by molar-refractivity contribution is 5.56. The SMILES string of the molecule is CC(C)N1N=CN(C)C1F. The Balaban J connectivity index is 2.58. The summed E-state index contributed by atoms with van der Waals surface area (Å²) < 4.78 is 13.0. The van der Waals surface area contributed by atoms with Gasteiger partial charge in [-0.25, -0.2) is 5.01 Å². The molecule has 0 amide bonds. The molecule has 0 aromatic rings. The predicted molar refractivity (Wildman–Crippen MR) is 38.1 cm³/mol. The van der Waals surface area contributed by atoms with Crippen LogP contribution in [0.5, 0.6) is 0 Å². The summed E-state index contributed by atoms with van der Waals surface area (Å²) in [6.45, 7) is 3.81. The van der Waals surface area contributed by atoms with Gasteiger partial charge in [-0.05, 0) is 13.8 Å². The Bertz CT molecular complexity index is 146. The molecule has 0 aliphatic carbocycles. The van der Waals surface area contributed by atoms with Crippen LogP contribution in [-0.2, 0) is 0 Å². The lowest BCUT2D eigenvalue weighted by molar-refractivity contribution is 0.00590. The summed E-state index contributed by atoms with van der Waals surface area (Å²) in [7, 11) is 1.66. The number of nitrogens with zero attached hydrogens (tertiary/aromatic N) is 3. The zero-order valence-corrected chi connectivity index (χ0v) is 6.45. The maximum absolute atomic E-state index is 13.0. The second-order valence-electron chi connectivity index (χ2n) is 2.68. The van der Waals surface area contributed by atoms with Crippen LogP contribution in [0.15, 0.2) is 5.10 Å². The van der Waals surface area contributed by atoms with E-state index in [1.165, 1.54) is 16.2 Å². The summed E-state index contributed by atoms with van der Waals surface area (Å²) in [4.78, 5) is 1.43. The van der Waals surface area contributed by atoms with Gasteiger partial charge in [0.05, 0.1) is 0 Å². The third-order valence-corrected chi connectivity index (χ3v) is 1.45. The maximum atomic E-state index is 13.0. The van der Waals surface area contributed by atoms with E-state index in [4.69, 9.17) is 0 Å². The molecule has 10 heavy (non-hydrogen) atoms. The molecule has 0 N–H and O–H groups in total. The van der Waals surface area contributed by atoms with Gasteiger partial charge in [0.2, 0.25) is 0 Å². The Morgan fingerprint density at radius 1 is 1.60 bits per heavy atom. The summed E-state index contributed by atoms with van der Waals surface area (Å²) in [5.74, 6) is 0. The molecular weight excluding hydrogens is 133 g/mol. The Morgan fingerprint density at radius 2 is 2.20 bits per heavy atom. The normalized spacial score (nSPS) is 25.1. The molecule has 4 heteroatoms. The number of hydrogen-bond acceptors (Lipinski definition) is 3. The van der Waals surface area contributed by atoms with E-state index in [1.54, 1.807) is 7.05 Å². The fourth-order valence-electron chi connectivity index (χ4n) is 0.817. The smallest absolute Gasteiger partial charge is 0.265 e. The van der Waals surface area contributed by atoms with Gasteiger partial charge in [0.15, 0.2) is 0 Å². The molecule has 1 rings (SSSR count). The van der Waals surface area contributed by atoms with Crippen molar-refractivity contribution in [2.45, 2.75) is 26.3 Å². The first-order chi connectivity index (χ1) is 4.63. The Morgan fingerprint density at radius 3 is 2.40 bits per heavy atom. The molecule has 0 spiro atoms. The van der Waals surface area contributed by atoms with Crippen molar-refractivity contribution in [2.75, 3.05) is 7.05 Å². The van der Waals surface area contributed by atoms with Crippen LogP contribution in [0.1, 0.15) is 13.8 Å². The number of halogens is 1. The van der Waals surface area contributed by atoms with Crippen molar-refractivity contribution < 1.29 is 4.39 Å². The Kier molecular flexibility index (Phi) is 1.78. The third-order valence-electron chi connectivity index (χ3n) is 1.45. The van der Waals surface area contributed by atoms with Gasteiger partial charge in [0.25, 0.3) is 6.42 Å². The van der Waals surface area contributed by atoms with Crippen molar-refractivity contribution in [3.05, 3.63) is 0 Å². The first kappa shape index (κ1) is 7.31. The predicted octanol–water partition coefficient (Wildman–Crippen LogP) is 0.839. The molecule has 1 aliphatic rings. The fraction of sp³-hybridized carbons (Fsp3) is 0.833.